The van der Waals surface area contributed by atoms with Gasteiger partial charge in [-0.25, -0.2) is 0 Å². The van der Waals surface area contributed by atoms with E-state index >= 15 is 0 Å². The molecule has 0 aliphatic carbocycles. The Morgan fingerprint density at radius 2 is 1.81 bits per heavy atom. The van der Waals surface area contributed by atoms with Crippen molar-refractivity contribution in [1.82, 2.24) is 4.90 Å². The van der Waals surface area contributed by atoms with Gasteiger partial charge in [-0.05, 0) is 18.1 Å². The van der Waals surface area contributed by atoms with E-state index in [1.54, 1.807) is 23.1 Å². The van der Waals surface area contributed by atoms with Crippen LogP contribution in [-0.4, -0.2) is 40.3 Å². The van der Waals surface area contributed by atoms with Crippen molar-refractivity contribution in [1.29, 1.82) is 0 Å². The van der Waals surface area contributed by atoms with Crippen molar-refractivity contribution in [2.75, 3.05) is 11.4 Å². The van der Waals surface area contributed by atoms with Crippen molar-refractivity contribution < 1.29 is 14.5 Å². The molecule has 7 heteroatoms. The number of nitro groups is 1. The average Bonchev–Trinajstić information content (AvgIpc) is 3.21. The van der Waals surface area contributed by atoms with Crippen LogP contribution < -0.4 is 4.90 Å². The van der Waals surface area contributed by atoms with Crippen LogP contribution in [0.5, 0.6) is 0 Å². The van der Waals surface area contributed by atoms with E-state index in [-0.39, 0.29) is 30.0 Å². The van der Waals surface area contributed by atoms with E-state index in [0.717, 1.165) is 5.56 Å². The summed E-state index contributed by atoms with van der Waals surface area (Å²) in [6.07, 6.45) is 0.772. The SMILES string of the molecule is O=C(Cc1ccccc1)N1C[C@@H]2C[C@H]1C(=O)N2c1ccccc1[N+](=O)[O-]. The number of benzene rings is 2. The Labute approximate surface area is 150 Å². The first kappa shape index (κ1) is 16.3. The molecule has 2 aromatic rings. The van der Waals surface area contributed by atoms with Gasteiger partial charge >= 0.3 is 0 Å². The molecule has 2 amide bonds. The third kappa shape index (κ3) is 2.61. The molecule has 26 heavy (non-hydrogen) atoms. The van der Waals surface area contributed by atoms with E-state index < -0.39 is 11.0 Å². The zero-order chi connectivity index (χ0) is 18.3. The Hall–Kier alpha value is -3.22. The maximum atomic E-state index is 12.8. The minimum Gasteiger partial charge on any atom is -0.328 e. The summed E-state index contributed by atoms with van der Waals surface area (Å²) in [7, 11) is 0. The number of fused-ring (bicyclic) bond motifs is 2. The van der Waals surface area contributed by atoms with Crippen LogP contribution in [-0.2, 0) is 16.0 Å². The Kier molecular flexibility index (Phi) is 3.91. The molecular formula is C19H17N3O4. The minimum absolute atomic E-state index is 0.0840. The van der Waals surface area contributed by atoms with Crippen molar-refractivity contribution in [3.05, 3.63) is 70.3 Å². The number of likely N-dealkylation sites (tertiary alicyclic amines) is 1. The van der Waals surface area contributed by atoms with Crippen LogP contribution in [0.25, 0.3) is 0 Å². The number of amides is 2. The largest absolute Gasteiger partial charge is 0.328 e. The number of nitro benzene ring substituents is 1. The number of para-hydroxylation sites is 2. The van der Waals surface area contributed by atoms with Crippen LogP contribution in [0.2, 0.25) is 0 Å². The normalized spacial score (nSPS) is 21.3. The van der Waals surface area contributed by atoms with Gasteiger partial charge in [-0.1, -0.05) is 42.5 Å². The molecule has 0 spiro atoms. The summed E-state index contributed by atoms with van der Waals surface area (Å²) in [5.74, 6) is -0.323. The summed E-state index contributed by atoms with van der Waals surface area (Å²) in [5.41, 5.74) is 1.13. The first-order valence-corrected chi connectivity index (χ1v) is 8.46. The smallest absolute Gasteiger partial charge is 0.292 e. The Morgan fingerprint density at radius 1 is 1.12 bits per heavy atom. The summed E-state index contributed by atoms with van der Waals surface area (Å²) in [5, 5.41) is 11.3. The predicted molar refractivity (Wildman–Crippen MR) is 94.6 cm³/mol. The predicted octanol–water partition coefficient (Wildman–Crippen LogP) is 2.15. The summed E-state index contributed by atoms with van der Waals surface area (Å²) in [6, 6.07) is 14.9. The van der Waals surface area contributed by atoms with Gasteiger partial charge in [-0.2, -0.15) is 0 Å². The Bertz CT molecular complexity index is 883. The highest BCUT2D eigenvalue weighted by atomic mass is 16.6. The zero-order valence-corrected chi connectivity index (χ0v) is 13.9. The van der Waals surface area contributed by atoms with Gasteiger partial charge in [0.1, 0.15) is 11.7 Å². The molecule has 2 aliphatic heterocycles. The number of carbonyl (C=O) groups is 2. The van der Waals surface area contributed by atoms with E-state index in [1.165, 1.54) is 11.0 Å². The van der Waals surface area contributed by atoms with Gasteiger partial charge in [-0.15, -0.1) is 0 Å². The molecule has 0 unspecified atom stereocenters. The van der Waals surface area contributed by atoms with Gasteiger partial charge in [0.2, 0.25) is 11.8 Å². The second-order valence-corrected chi connectivity index (χ2v) is 6.57. The van der Waals surface area contributed by atoms with E-state index in [9.17, 15) is 19.7 Å². The molecule has 0 radical (unpaired) electrons. The van der Waals surface area contributed by atoms with Gasteiger partial charge in [-0.3, -0.25) is 24.6 Å². The molecule has 2 bridgehead atoms. The highest BCUT2D eigenvalue weighted by Crippen LogP contribution is 2.39. The van der Waals surface area contributed by atoms with E-state index in [2.05, 4.69) is 0 Å². The summed E-state index contributed by atoms with van der Waals surface area (Å²) in [4.78, 5) is 39.3. The van der Waals surface area contributed by atoms with E-state index in [1.807, 2.05) is 30.3 Å². The van der Waals surface area contributed by atoms with E-state index in [4.69, 9.17) is 0 Å². The number of hydrogen-bond donors (Lipinski definition) is 0. The van der Waals surface area contributed by atoms with Crippen LogP contribution in [0.1, 0.15) is 12.0 Å². The molecule has 2 aromatic carbocycles. The van der Waals surface area contributed by atoms with Gasteiger partial charge in [0, 0.05) is 12.6 Å². The maximum Gasteiger partial charge on any atom is 0.292 e. The zero-order valence-electron chi connectivity index (χ0n) is 13.9. The van der Waals surface area contributed by atoms with E-state index in [0.29, 0.717) is 18.7 Å². The van der Waals surface area contributed by atoms with Crippen molar-refractivity contribution in [2.45, 2.75) is 24.9 Å². The lowest BCUT2D eigenvalue weighted by Crippen LogP contribution is -2.53. The summed E-state index contributed by atoms with van der Waals surface area (Å²) >= 11 is 0. The van der Waals surface area contributed by atoms with Crippen LogP contribution in [0.15, 0.2) is 54.6 Å². The van der Waals surface area contributed by atoms with Crippen LogP contribution in [0.4, 0.5) is 11.4 Å². The number of hydrogen-bond acceptors (Lipinski definition) is 4. The molecule has 2 aliphatic rings. The molecule has 0 aromatic heterocycles. The van der Waals surface area contributed by atoms with Crippen LogP contribution >= 0.6 is 0 Å². The van der Waals surface area contributed by atoms with Gasteiger partial charge in [0.25, 0.3) is 5.69 Å². The third-order valence-corrected chi connectivity index (χ3v) is 5.02. The first-order valence-electron chi connectivity index (χ1n) is 8.46. The lowest BCUT2D eigenvalue weighted by Gasteiger charge is -2.33. The molecule has 132 valence electrons. The van der Waals surface area contributed by atoms with Crippen molar-refractivity contribution in [2.24, 2.45) is 0 Å². The third-order valence-electron chi connectivity index (χ3n) is 5.02. The Balaban J connectivity index is 1.54. The topological polar surface area (TPSA) is 83.8 Å². The first-order chi connectivity index (χ1) is 12.6. The van der Waals surface area contributed by atoms with Gasteiger partial charge in [0.15, 0.2) is 0 Å². The fourth-order valence-electron chi connectivity index (χ4n) is 3.86. The number of nitrogens with zero attached hydrogens (tertiary/aromatic N) is 3. The molecule has 2 atom stereocenters. The Morgan fingerprint density at radius 3 is 2.50 bits per heavy atom. The highest BCUT2D eigenvalue weighted by molar-refractivity contribution is 6.05. The number of rotatable bonds is 4. The average molecular weight is 351 g/mol. The number of piperazine rings is 1. The number of anilines is 1. The lowest BCUT2D eigenvalue weighted by atomic mass is 10.1. The fraction of sp³-hybridized carbons (Fsp3) is 0.263. The molecule has 4 rings (SSSR count). The fourth-order valence-corrected chi connectivity index (χ4v) is 3.86. The highest BCUT2D eigenvalue weighted by Gasteiger charge is 2.52. The van der Waals surface area contributed by atoms with Crippen molar-refractivity contribution in [3.63, 3.8) is 0 Å². The minimum atomic E-state index is -0.531. The molecular weight excluding hydrogens is 334 g/mol. The lowest BCUT2D eigenvalue weighted by molar-refractivity contribution is -0.384. The van der Waals surface area contributed by atoms with Crippen LogP contribution in [0.3, 0.4) is 0 Å². The second-order valence-electron chi connectivity index (χ2n) is 6.57. The molecule has 2 heterocycles. The number of carbonyl (C=O) groups excluding carboxylic acids is 2. The van der Waals surface area contributed by atoms with Gasteiger partial charge in [0.05, 0.1) is 17.4 Å². The molecule has 0 saturated carbocycles. The maximum absolute atomic E-state index is 12.8. The van der Waals surface area contributed by atoms with Crippen LogP contribution in [0, 0.1) is 10.1 Å². The molecule has 2 saturated heterocycles. The molecule has 2 fully saturated rings. The summed E-state index contributed by atoms with van der Waals surface area (Å²) in [6.45, 7) is 0.411. The van der Waals surface area contributed by atoms with Gasteiger partial charge < -0.3 is 4.90 Å². The monoisotopic (exact) mass is 351 g/mol. The van der Waals surface area contributed by atoms with Crippen molar-refractivity contribution in [3.8, 4) is 0 Å². The molecule has 0 N–H and O–H groups in total. The second kappa shape index (κ2) is 6.25. The van der Waals surface area contributed by atoms with Crippen molar-refractivity contribution >= 4 is 23.2 Å². The summed E-state index contributed by atoms with van der Waals surface area (Å²) < 4.78 is 0. The standard InChI is InChI=1S/C19H17N3O4/c23-18(10-13-6-2-1-3-7-13)20-12-14-11-17(20)19(24)21(14)15-8-4-5-9-16(15)22(25)26/h1-9,14,17H,10-12H2/t14-,17-/m0/s1. The molecule has 7 nitrogen and oxygen atoms in total. The quantitative estimate of drug-likeness (QED) is 0.624.